The van der Waals surface area contributed by atoms with E-state index in [1.807, 2.05) is 0 Å². The van der Waals surface area contributed by atoms with E-state index in [0.29, 0.717) is 18.2 Å². The molecule has 2 saturated heterocycles. The first-order valence-electron chi connectivity index (χ1n) is 6.87. The number of aromatic nitrogens is 1. The van der Waals surface area contributed by atoms with Crippen LogP contribution < -0.4 is 5.32 Å². The summed E-state index contributed by atoms with van der Waals surface area (Å²) >= 11 is 0. The summed E-state index contributed by atoms with van der Waals surface area (Å²) in [6.45, 7) is 3.48. The molecule has 1 aromatic heterocycles. The van der Waals surface area contributed by atoms with Crippen LogP contribution in [0, 0.1) is 0 Å². The average Bonchev–Trinajstić information content (AvgIpc) is 2.93. The minimum Gasteiger partial charge on any atom is -0.373 e. The quantitative estimate of drug-likeness (QED) is 0.869. The summed E-state index contributed by atoms with van der Waals surface area (Å²) in [5.41, 5.74) is 0.643. The van der Waals surface area contributed by atoms with Crippen molar-refractivity contribution in [1.82, 2.24) is 15.2 Å². The van der Waals surface area contributed by atoms with Gasteiger partial charge in [-0.15, -0.1) is 0 Å². The predicted molar refractivity (Wildman–Crippen MR) is 70.9 cm³/mol. The normalized spacial score (nSPS) is 26.9. The molecule has 102 valence electrons. The van der Waals surface area contributed by atoms with Gasteiger partial charge in [-0.25, -0.2) is 0 Å². The summed E-state index contributed by atoms with van der Waals surface area (Å²) in [6, 6.07) is 4.04. The topological polar surface area (TPSA) is 54.5 Å². The number of rotatable bonds is 3. The Kier molecular flexibility index (Phi) is 3.75. The van der Waals surface area contributed by atoms with Gasteiger partial charge in [0.25, 0.3) is 5.91 Å². The summed E-state index contributed by atoms with van der Waals surface area (Å²) in [5.74, 6) is -0.0606. The summed E-state index contributed by atoms with van der Waals surface area (Å²) < 4.78 is 5.81. The monoisotopic (exact) mass is 261 g/mol. The largest absolute Gasteiger partial charge is 0.373 e. The molecule has 1 amide bonds. The molecule has 0 spiro atoms. The van der Waals surface area contributed by atoms with Gasteiger partial charge in [-0.1, -0.05) is 0 Å². The standard InChI is InChI=1S/C14H19N3O2/c18-14(11-3-5-15-6-4-11)16-8-13-9-17-7-1-2-12(17)10-19-13/h3-6,12-13H,1-2,7-10H2,(H,16,18)/t12-,13+/m0/s1. The molecule has 3 rings (SSSR count). The minimum atomic E-state index is -0.0606. The van der Waals surface area contributed by atoms with Crippen molar-refractivity contribution in [3.63, 3.8) is 0 Å². The molecule has 3 heterocycles. The zero-order valence-electron chi connectivity index (χ0n) is 10.9. The maximum Gasteiger partial charge on any atom is 0.251 e. The summed E-state index contributed by atoms with van der Waals surface area (Å²) in [5, 5.41) is 2.93. The molecule has 0 aromatic carbocycles. The Morgan fingerprint density at radius 2 is 2.32 bits per heavy atom. The van der Waals surface area contributed by atoms with Gasteiger partial charge in [0, 0.05) is 37.1 Å². The van der Waals surface area contributed by atoms with E-state index in [4.69, 9.17) is 4.74 Å². The number of hydrogen-bond acceptors (Lipinski definition) is 4. The van der Waals surface area contributed by atoms with E-state index in [1.165, 1.54) is 19.4 Å². The van der Waals surface area contributed by atoms with Crippen molar-refractivity contribution < 1.29 is 9.53 Å². The fourth-order valence-electron chi connectivity index (χ4n) is 2.82. The van der Waals surface area contributed by atoms with Crippen molar-refractivity contribution in [3.8, 4) is 0 Å². The van der Waals surface area contributed by atoms with Crippen molar-refractivity contribution in [1.29, 1.82) is 0 Å². The molecule has 0 saturated carbocycles. The van der Waals surface area contributed by atoms with Crippen LogP contribution >= 0.6 is 0 Å². The van der Waals surface area contributed by atoms with Gasteiger partial charge in [0.15, 0.2) is 0 Å². The molecule has 2 atom stereocenters. The van der Waals surface area contributed by atoms with E-state index in [9.17, 15) is 4.79 Å². The zero-order chi connectivity index (χ0) is 13.1. The lowest BCUT2D eigenvalue weighted by Gasteiger charge is -2.35. The maximum atomic E-state index is 11.9. The number of morpholine rings is 1. The highest BCUT2D eigenvalue weighted by atomic mass is 16.5. The highest BCUT2D eigenvalue weighted by Gasteiger charge is 2.32. The molecule has 2 aliphatic rings. The van der Waals surface area contributed by atoms with Crippen LogP contribution in [0.25, 0.3) is 0 Å². The zero-order valence-corrected chi connectivity index (χ0v) is 10.9. The Balaban J connectivity index is 1.49. The van der Waals surface area contributed by atoms with Gasteiger partial charge < -0.3 is 10.1 Å². The molecule has 1 N–H and O–H groups in total. The third-order valence-corrected chi connectivity index (χ3v) is 3.89. The summed E-state index contributed by atoms with van der Waals surface area (Å²) in [6.07, 6.45) is 5.88. The first kappa shape index (κ1) is 12.6. The minimum absolute atomic E-state index is 0.0606. The van der Waals surface area contributed by atoms with Gasteiger partial charge in [-0.2, -0.15) is 0 Å². The molecule has 0 aliphatic carbocycles. The molecular formula is C14H19N3O2. The fraction of sp³-hybridized carbons (Fsp3) is 0.571. The maximum absolute atomic E-state index is 11.9. The third-order valence-electron chi connectivity index (χ3n) is 3.89. The average molecular weight is 261 g/mol. The number of pyridine rings is 1. The third kappa shape index (κ3) is 2.93. The Morgan fingerprint density at radius 3 is 3.16 bits per heavy atom. The molecular weight excluding hydrogens is 242 g/mol. The van der Waals surface area contributed by atoms with E-state index in [1.54, 1.807) is 24.5 Å². The predicted octanol–water partition coefficient (Wildman–Crippen LogP) is 0.675. The first-order valence-corrected chi connectivity index (χ1v) is 6.87. The second-order valence-corrected chi connectivity index (χ2v) is 5.19. The van der Waals surface area contributed by atoms with E-state index >= 15 is 0 Å². The van der Waals surface area contributed by atoms with Crippen molar-refractivity contribution in [3.05, 3.63) is 30.1 Å². The number of hydrogen-bond donors (Lipinski definition) is 1. The van der Waals surface area contributed by atoms with Crippen molar-refractivity contribution >= 4 is 5.91 Å². The lowest BCUT2D eigenvalue weighted by Crippen LogP contribution is -2.50. The van der Waals surface area contributed by atoms with E-state index < -0.39 is 0 Å². The highest BCUT2D eigenvalue weighted by molar-refractivity contribution is 5.93. The molecule has 2 aliphatic heterocycles. The van der Waals surface area contributed by atoms with Crippen LogP contribution in [0.1, 0.15) is 23.2 Å². The molecule has 0 unspecified atom stereocenters. The van der Waals surface area contributed by atoms with Crippen LogP contribution in [0.3, 0.4) is 0 Å². The van der Waals surface area contributed by atoms with Crippen molar-refractivity contribution in [2.24, 2.45) is 0 Å². The van der Waals surface area contributed by atoms with Crippen LogP contribution in [0.15, 0.2) is 24.5 Å². The second kappa shape index (κ2) is 5.67. The van der Waals surface area contributed by atoms with E-state index in [0.717, 1.165) is 13.2 Å². The van der Waals surface area contributed by atoms with Crippen molar-refractivity contribution in [2.75, 3.05) is 26.2 Å². The van der Waals surface area contributed by atoms with Gasteiger partial charge in [0.2, 0.25) is 0 Å². The molecule has 1 aromatic rings. The SMILES string of the molecule is O=C(NC[C@@H]1CN2CCC[C@H]2CO1)c1ccncc1. The lowest BCUT2D eigenvalue weighted by atomic mass is 10.2. The van der Waals surface area contributed by atoms with Crippen LogP contribution in [-0.4, -0.2) is 54.2 Å². The molecule has 0 radical (unpaired) electrons. The molecule has 5 nitrogen and oxygen atoms in total. The van der Waals surface area contributed by atoms with Gasteiger partial charge in [-0.05, 0) is 31.5 Å². The van der Waals surface area contributed by atoms with Gasteiger partial charge in [0.05, 0.1) is 12.7 Å². The van der Waals surface area contributed by atoms with Gasteiger partial charge in [-0.3, -0.25) is 14.7 Å². The van der Waals surface area contributed by atoms with Crippen LogP contribution in [-0.2, 0) is 4.74 Å². The number of fused-ring (bicyclic) bond motifs is 1. The Morgan fingerprint density at radius 1 is 1.47 bits per heavy atom. The lowest BCUT2D eigenvalue weighted by molar-refractivity contribution is -0.0461. The molecule has 0 bridgehead atoms. The number of ether oxygens (including phenoxy) is 1. The van der Waals surface area contributed by atoms with E-state index in [-0.39, 0.29) is 12.0 Å². The highest BCUT2D eigenvalue weighted by Crippen LogP contribution is 2.22. The van der Waals surface area contributed by atoms with Crippen LogP contribution in [0.4, 0.5) is 0 Å². The summed E-state index contributed by atoms with van der Waals surface area (Å²) in [7, 11) is 0. The van der Waals surface area contributed by atoms with Crippen LogP contribution in [0.5, 0.6) is 0 Å². The molecule has 19 heavy (non-hydrogen) atoms. The van der Waals surface area contributed by atoms with Crippen LogP contribution in [0.2, 0.25) is 0 Å². The molecule has 2 fully saturated rings. The number of nitrogens with one attached hydrogen (secondary N) is 1. The Labute approximate surface area is 113 Å². The molecule has 5 heteroatoms. The van der Waals surface area contributed by atoms with Gasteiger partial charge >= 0.3 is 0 Å². The summed E-state index contributed by atoms with van der Waals surface area (Å²) in [4.78, 5) is 18.3. The number of carbonyl (C=O) groups excluding carboxylic acids is 1. The van der Waals surface area contributed by atoms with E-state index in [2.05, 4.69) is 15.2 Å². The Hall–Kier alpha value is -1.46. The van der Waals surface area contributed by atoms with Gasteiger partial charge in [0.1, 0.15) is 0 Å². The number of nitrogens with zero attached hydrogens (tertiary/aromatic N) is 2. The smallest absolute Gasteiger partial charge is 0.251 e. The second-order valence-electron chi connectivity index (χ2n) is 5.19. The fourth-order valence-corrected chi connectivity index (χ4v) is 2.82. The number of amides is 1. The first-order chi connectivity index (χ1) is 9.33. The Bertz CT molecular complexity index is 438. The number of carbonyl (C=O) groups is 1. The van der Waals surface area contributed by atoms with Crippen molar-refractivity contribution in [2.45, 2.75) is 25.0 Å².